The third kappa shape index (κ3) is 6.80. The number of carbonyl (C=O) groups is 3. The van der Waals surface area contributed by atoms with Gasteiger partial charge in [0, 0.05) is 13.1 Å². The molecule has 8 heteroatoms. The van der Waals surface area contributed by atoms with E-state index in [9.17, 15) is 14.4 Å². The minimum atomic E-state index is -0.935. The molecule has 1 aliphatic rings. The molecule has 144 valence electrons. The van der Waals surface area contributed by atoms with E-state index in [1.807, 2.05) is 0 Å². The van der Waals surface area contributed by atoms with Crippen molar-refractivity contribution < 1.29 is 28.6 Å². The second kappa shape index (κ2) is 7.93. The Morgan fingerprint density at radius 1 is 0.880 bits per heavy atom. The molecule has 0 aromatic heterocycles. The lowest BCUT2D eigenvalue weighted by Gasteiger charge is -2.32. The molecule has 1 unspecified atom stereocenters. The summed E-state index contributed by atoms with van der Waals surface area (Å²) in [6.45, 7) is 11.2. The zero-order valence-corrected chi connectivity index (χ0v) is 16.2. The topological polar surface area (TPSA) is 85.4 Å². The van der Waals surface area contributed by atoms with Gasteiger partial charge in [0.05, 0.1) is 13.7 Å². The SMILES string of the molecule is COC(=O)C1CN(C(=O)OC(C)(C)C)CCCN1C(=O)OC(C)(C)C. The molecule has 25 heavy (non-hydrogen) atoms. The van der Waals surface area contributed by atoms with Gasteiger partial charge in [-0.15, -0.1) is 0 Å². The second-order valence-corrected chi connectivity index (χ2v) is 7.99. The van der Waals surface area contributed by atoms with Gasteiger partial charge < -0.3 is 19.1 Å². The van der Waals surface area contributed by atoms with Crippen LogP contribution in [0.2, 0.25) is 0 Å². The number of hydrogen-bond donors (Lipinski definition) is 0. The number of hydrogen-bond acceptors (Lipinski definition) is 6. The van der Waals surface area contributed by atoms with Crippen molar-refractivity contribution in [1.29, 1.82) is 0 Å². The highest BCUT2D eigenvalue weighted by atomic mass is 16.6. The lowest BCUT2D eigenvalue weighted by Crippen LogP contribution is -2.52. The minimum Gasteiger partial charge on any atom is -0.467 e. The zero-order chi connectivity index (χ0) is 19.4. The molecule has 2 amide bonds. The van der Waals surface area contributed by atoms with Crippen LogP contribution >= 0.6 is 0 Å². The van der Waals surface area contributed by atoms with Gasteiger partial charge in [-0.1, -0.05) is 0 Å². The Morgan fingerprint density at radius 2 is 1.40 bits per heavy atom. The molecule has 0 spiro atoms. The lowest BCUT2D eigenvalue weighted by molar-refractivity contribution is -0.147. The Kier molecular flexibility index (Phi) is 6.68. The number of esters is 1. The largest absolute Gasteiger partial charge is 0.467 e. The number of carbonyl (C=O) groups excluding carboxylic acids is 3. The molecule has 1 atom stereocenters. The Balaban J connectivity index is 2.97. The molecule has 1 saturated heterocycles. The minimum absolute atomic E-state index is 0.000823. The molecule has 0 aromatic carbocycles. The quantitative estimate of drug-likeness (QED) is 0.528. The van der Waals surface area contributed by atoms with Gasteiger partial charge in [-0.25, -0.2) is 14.4 Å². The molecule has 0 N–H and O–H groups in total. The summed E-state index contributed by atoms with van der Waals surface area (Å²) in [5.74, 6) is -0.596. The number of rotatable bonds is 1. The molecule has 0 saturated carbocycles. The van der Waals surface area contributed by atoms with Crippen molar-refractivity contribution in [2.45, 2.75) is 65.2 Å². The fourth-order valence-corrected chi connectivity index (χ4v) is 2.36. The van der Waals surface area contributed by atoms with Crippen LogP contribution in [0.25, 0.3) is 0 Å². The van der Waals surface area contributed by atoms with Gasteiger partial charge in [-0.2, -0.15) is 0 Å². The molecule has 8 nitrogen and oxygen atoms in total. The fourth-order valence-electron chi connectivity index (χ4n) is 2.36. The Labute approximate surface area is 149 Å². The van der Waals surface area contributed by atoms with Crippen LogP contribution in [-0.4, -0.2) is 71.9 Å². The number of amides is 2. The van der Waals surface area contributed by atoms with Crippen molar-refractivity contribution in [3.05, 3.63) is 0 Å². The number of ether oxygens (including phenoxy) is 3. The molecular formula is C17H30N2O6. The third-order valence-electron chi connectivity index (χ3n) is 3.35. The van der Waals surface area contributed by atoms with Crippen molar-refractivity contribution in [2.75, 3.05) is 26.7 Å². The van der Waals surface area contributed by atoms with Crippen molar-refractivity contribution >= 4 is 18.2 Å². The molecule has 0 radical (unpaired) electrons. The Bertz CT molecular complexity index is 506. The van der Waals surface area contributed by atoms with E-state index in [1.54, 1.807) is 41.5 Å². The molecule has 1 rings (SSSR count). The fraction of sp³-hybridized carbons (Fsp3) is 0.824. The van der Waals surface area contributed by atoms with Crippen molar-refractivity contribution in [3.8, 4) is 0 Å². The average Bonchev–Trinajstić information content (AvgIpc) is 2.65. The lowest BCUT2D eigenvalue weighted by atomic mass is 10.2. The Morgan fingerprint density at radius 3 is 1.88 bits per heavy atom. The Hall–Kier alpha value is -1.99. The maximum absolute atomic E-state index is 12.5. The van der Waals surface area contributed by atoms with Crippen LogP contribution < -0.4 is 0 Å². The van der Waals surface area contributed by atoms with Gasteiger partial charge in [0.2, 0.25) is 0 Å². The van der Waals surface area contributed by atoms with Crippen LogP contribution in [0.15, 0.2) is 0 Å². The third-order valence-corrected chi connectivity index (χ3v) is 3.35. The first kappa shape index (κ1) is 21.1. The predicted molar refractivity (Wildman–Crippen MR) is 91.2 cm³/mol. The molecule has 1 heterocycles. The van der Waals surface area contributed by atoms with Gasteiger partial charge in [0.25, 0.3) is 0 Å². The van der Waals surface area contributed by atoms with Crippen molar-refractivity contribution in [1.82, 2.24) is 9.80 Å². The summed E-state index contributed by atoms with van der Waals surface area (Å²) in [5.41, 5.74) is -1.33. The summed E-state index contributed by atoms with van der Waals surface area (Å²) in [5, 5.41) is 0. The first-order chi connectivity index (χ1) is 11.3. The predicted octanol–water partition coefficient (Wildman–Crippen LogP) is 2.41. The highest BCUT2D eigenvalue weighted by Gasteiger charge is 2.38. The summed E-state index contributed by atoms with van der Waals surface area (Å²) < 4.78 is 15.6. The second-order valence-electron chi connectivity index (χ2n) is 7.99. The van der Waals surface area contributed by atoms with Gasteiger partial charge in [0.15, 0.2) is 6.04 Å². The van der Waals surface area contributed by atoms with E-state index in [1.165, 1.54) is 16.9 Å². The van der Waals surface area contributed by atoms with Gasteiger partial charge >= 0.3 is 18.2 Å². The average molecular weight is 358 g/mol. The molecule has 1 aliphatic heterocycles. The van der Waals surface area contributed by atoms with E-state index in [2.05, 4.69) is 0 Å². The molecule has 0 aliphatic carbocycles. The van der Waals surface area contributed by atoms with Crippen molar-refractivity contribution in [2.24, 2.45) is 0 Å². The van der Waals surface area contributed by atoms with E-state index >= 15 is 0 Å². The van der Waals surface area contributed by atoms with Crippen LogP contribution in [-0.2, 0) is 19.0 Å². The standard InChI is InChI=1S/C17H30N2O6/c1-16(2,3)24-14(21)18-9-8-10-19(12(11-18)13(20)23-7)15(22)25-17(4,5)6/h12H,8-11H2,1-7H3. The maximum Gasteiger partial charge on any atom is 0.411 e. The van der Waals surface area contributed by atoms with Crippen LogP contribution in [0.4, 0.5) is 9.59 Å². The highest BCUT2D eigenvalue weighted by Crippen LogP contribution is 2.19. The maximum atomic E-state index is 12.5. The molecule has 0 aromatic rings. The summed E-state index contributed by atoms with van der Waals surface area (Å²) >= 11 is 0. The molecular weight excluding hydrogens is 328 g/mol. The van der Waals surface area contributed by atoms with Crippen LogP contribution in [0.3, 0.4) is 0 Å². The van der Waals surface area contributed by atoms with Crippen molar-refractivity contribution in [3.63, 3.8) is 0 Å². The van der Waals surface area contributed by atoms with Crippen LogP contribution in [0, 0.1) is 0 Å². The highest BCUT2D eigenvalue weighted by molar-refractivity contribution is 5.82. The van der Waals surface area contributed by atoms with E-state index in [0.717, 1.165) is 0 Å². The van der Waals surface area contributed by atoms with Crippen LogP contribution in [0.5, 0.6) is 0 Å². The number of nitrogens with zero attached hydrogens (tertiary/aromatic N) is 2. The molecule has 0 bridgehead atoms. The summed E-state index contributed by atoms with van der Waals surface area (Å²) in [6.07, 6.45) is -0.618. The van der Waals surface area contributed by atoms with E-state index in [0.29, 0.717) is 13.0 Å². The van der Waals surface area contributed by atoms with E-state index in [4.69, 9.17) is 14.2 Å². The zero-order valence-electron chi connectivity index (χ0n) is 16.2. The van der Waals surface area contributed by atoms with Gasteiger partial charge in [-0.05, 0) is 48.0 Å². The first-order valence-corrected chi connectivity index (χ1v) is 8.39. The first-order valence-electron chi connectivity index (χ1n) is 8.39. The monoisotopic (exact) mass is 358 g/mol. The summed E-state index contributed by atoms with van der Waals surface area (Å²) in [7, 11) is 1.25. The van der Waals surface area contributed by atoms with Crippen LogP contribution in [0.1, 0.15) is 48.0 Å². The molecule has 1 fully saturated rings. The van der Waals surface area contributed by atoms with E-state index in [-0.39, 0.29) is 13.1 Å². The summed E-state index contributed by atoms with van der Waals surface area (Å²) in [4.78, 5) is 39.8. The van der Waals surface area contributed by atoms with Gasteiger partial charge in [-0.3, -0.25) is 4.90 Å². The summed E-state index contributed by atoms with van der Waals surface area (Å²) in [6, 6.07) is -0.935. The van der Waals surface area contributed by atoms with Gasteiger partial charge in [0.1, 0.15) is 11.2 Å². The number of methoxy groups -OCH3 is 1. The normalized spacial score (nSPS) is 19.1. The smallest absolute Gasteiger partial charge is 0.411 e. The van der Waals surface area contributed by atoms with E-state index < -0.39 is 35.4 Å².